The lowest BCUT2D eigenvalue weighted by atomic mass is 10.1. The molecule has 4 nitrogen and oxygen atoms in total. The van der Waals surface area contributed by atoms with Crippen LogP contribution in [0.25, 0.3) is 0 Å². The van der Waals surface area contributed by atoms with Crippen LogP contribution in [0, 0.1) is 6.92 Å². The molecule has 0 aliphatic carbocycles. The van der Waals surface area contributed by atoms with Gasteiger partial charge >= 0.3 is 0 Å². The van der Waals surface area contributed by atoms with E-state index in [9.17, 15) is 0 Å². The molecule has 0 saturated heterocycles. The SMILES string of the molecule is COCCCC(NN)c1coc(C)c1. The highest BCUT2D eigenvalue weighted by molar-refractivity contribution is 5.15. The van der Waals surface area contributed by atoms with Gasteiger partial charge in [0.25, 0.3) is 0 Å². The predicted octanol–water partition coefficient (Wildman–Crippen LogP) is 1.52. The van der Waals surface area contributed by atoms with E-state index in [4.69, 9.17) is 15.0 Å². The Morgan fingerprint density at radius 3 is 2.93 bits per heavy atom. The van der Waals surface area contributed by atoms with Crippen molar-refractivity contribution in [2.75, 3.05) is 13.7 Å². The van der Waals surface area contributed by atoms with Crippen LogP contribution >= 0.6 is 0 Å². The van der Waals surface area contributed by atoms with Crippen LogP contribution in [0.15, 0.2) is 16.7 Å². The fourth-order valence-corrected chi connectivity index (χ4v) is 1.42. The summed E-state index contributed by atoms with van der Waals surface area (Å²) >= 11 is 0. The molecule has 0 amide bonds. The fraction of sp³-hybridized carbons (Fsp3) is 0.600. The lowest BCUT2D eigenvalue weighted by Crippen LogP contribution is -2.27. The zero-order chi connectivity index (χ0) is 10.4. The molecular weight excluding hydrogens is 180 g/mol. The number of aryl methyl sites for hydroxylation is 1. The molecule has 14 heavy (non-hydrogen) atoms. The lowest BCUT2D eigenvalue weighted by molar-refractivity contribution is 0.188. The van der Waals surface area contributed by atoms with Gasteiger partial charge < -0.3 is 9.15 Å². The quantitative estimate of drug-likeness (QED) is 0.413. The summed E-state index contributed by atoms with van der Waals surface area (Å²) < 4.78 is 10.2. The maximum atomic E-state index is 5.46. The highest BCUT2D eigenvalue weighted by Crippen LogP contribution is 2.19. The van der Waals surface area contributed by atoms with Crippen molar-refractivity contribution in [3.63, 3.8) is 0 Å². The van der Waals surface area contributed by atoms with Gasteiger partial charge in [-0.3, -0.25) is 11.3 Å². The molecule has 0 bridgehead atoms. The van der Waals surface area contributed by atoms with Crippen molar-refractivity contribution in [1.82, 2.24) is 5.43 Å². The van der Waals surface area contributed by atoms with Crippen molar-refractivity contribution in [2.24, 2.45) is 5.84 Å². The van der Waals surface area contributed by atoms with Crippen molar-refractivity contribution in [2.45, 2.75) is 25.8 Å². The van der Waals surface area contributed by atoms with E-state index in [2.05, 4.69) is 5.43 Å². The van der Waals surface area contributed by atoms with Crippen molar-refractivity contribution < 1.29 is 9.15 Å². The maximum Gasteiger partial charge on any atom is 0.101 e. The number of furan rings is 1. The molecule has 1 rings (SSSR count). The number of hydrogen-bond acceptors (Lipinski definition) is 4. The van der Waals surface area contributed by atoms with E-state index in [1.807, 2.05) is 13.0 Å². The second-order valence-corrected chi connectivity index (χ2v) is 3.34. The van der Waals surface area contributed by atoms with E-state index in [-0.39, 0.29) is 6.04 Å². The summed E-state index contributed by atoms with van der Waals surface area (Å²) in [4.78, 5) is 0. The predicted molar refractivity (Wildman–Crippen MR) is 54.6 cm³/mol. The molecule has 3 N–H and O–H groups in total. The zero-order valence-electron chi connectivity index (χ0n) is 8.75. The summed E-state index contributed by atoms with van der Waals surface area (Å²) in [6, 6.07) is 2.15. The van der Waals surface area contributed by atoms with Crippen LogP contribution in [-0.2, 0) is 4.74 Å². The minimum atomic E-state index is 0.155. The Hall–Kier alpha value is -0.840. The van der Waals surface area contributed by atoms with Gasteiger partial charge in [-0.05, 0) is 25.8 Å². The monoisotopic (exact) mass is 198 g/mol. The Kier molecular flexibility index (Phi) is 4.65. The molecule has 80 valence electrons. The van der Waals surface area contributed by atoms with E-state index in [1.54, 1.807) is 13.4 Å². The average molecular weight is 198 g/mol. The van der Waals surface area contributed by atoms with Crippen LogP contribution in [0.5, 0.6) is 0 Å². The molecule has 1 aromatic heterocycles. The summed E-state index contributed by atoms with van der Waals surface area (Å²) in [5.41, 5.74) is 3.87. The molecule has 0 fully saturated rings. The molecule has 0 saturated carbocycles. The first kappa shape index (κ1) is 11.2. The Morgan fingerprint density at radius 2 is 2.43 bits per heavy atom. The molecule has 1 heterocycles. The van der Waals surface area contributed by atoms with E-state index in [0.717, 1.165) is 30.8 Å². The molecule has 4 heteroatoms. The van der Waals surface area contributed by atoms with E-state index in [1.165, 1.54) is 0 Å². The highest BCUT2D eigenvalue weighted by atomic mass is 16.5. The normalized spacial score (nSPS) is 13.1. The Morgan fingerprint density at radius 1 is 1.64 bits per heavy atom. The highest BCUT2D eigenvalue weighted by Gasteiger charge is 2.11. The number of hydrogen-bond donors (Lipinski definition) is 2. The number of ether oxygens (including phenoxy) is 1. The van der Waals surface area contributed by atoms with Gasteiger partial charge in [0.1, 0.15) is 5.76 Å². The van der Waals surface area contributed by atoms with E-state index >= 15 is 0 Å². The lowest BCUT2D eigenvalue weighted by Gasteiger charge is -2.13. The number of nitrogens with one attached hydrogen (secondary N) is 1. The fourth-order valence-electron chi connectivity index (χ4n) is 1.42. The summed E-state index contributed by atoms with van der Waals surface area (Å²) in [7, 11) is 1.70. The van der Waals surface area contributed by atoms with E-state index in [0.29, 0.717) is 0 Å². The zero-order valence-corrected chi connectivity index (χ0v) is 8.75. The van der Waals surface area contributed by atoms with E-state index < -0.39 is 0 Å². The van der Waals surface area contributed by atoms with Gasteiger partial charge in [-0.15, -0.1) is 0 Å². The maximum absolute atomic E-state index is 5.46. The number of methoxy groups -OCH3 is 1. The molecule has 1 aromatic rings. The smallest absolute Gasteiger partial charge is 0.101 e. The molecule has 0 radical (unpaired) electrons. The molecule has 0 spiro atoms. The minimum absolute atomic E-state index is 0.155. The average Bonchev–Trinajstić information content (AvgIpc) is 2.60. The third kappa shape index (κ3) is 3.14. The second kappa shape index (κ2) is 5.80. The van der Waals surface area contributed by atoms with Crippen LogP contribution in [0.4, 0.5) is 0 Å². The Bertz CT molecular complexity index is 260. The molecule has 0 aliphatic heterocycles. The molecule has 0 aromatic carbocycles. The standard InChI is InChI=1S/C10H18N2O2/c1-8-6-9(7-14-8)10(12-11)4-3-5-13-2/h6-7,10,12H,3-5,11H2,1-2H3. The summed E-state index contributed by atoms with van der Waals surface area (Å²) in [5.74, 6) is 6.37. The van der Waals surface area contributed by atoms with Crippen molar-refractivity contribution in [3.05, 3.63) is 23.7 Å². The number of nitrogens with two attached hydrogens (primary N) is 1. The number of hydrazine groups is 1. The van der Waals surface area contributed by atoms with Gasteiger partial charge in [-0.2, -0.15) is 0 Å². The van der Waals surface area contributed by atoms with Crippen LogP contribution in [0.2, 0.25) is 0 Å². The second-order valence-electron chi connectivity index (χ2n) is 3.34. The largest absolute Gasteiger partial charge is 0.469 e. The van der Waals surface area contributed by atoms with Crippen LogP contribution in [0.3, 0.4) is 0 Å². The minimum Gasteiger partial charge on any atom is -0.469 e. The summed E-state index contributed by atoms with van der Waals surface area (Å²) in [6.45, 7) is 2.68. The first-order valence-corrected chi connectivity index (χ1v) is 4.78. The molecule has 0 aliphatic rings. The first-order chi connectivity index (χ1) is 6.77. The Balaban J connectivity index is 2.45. The van der Waals surface area contributed by atoms with Gasteiger partial charge in [-0.1, -0.05) is 0 Å². The topological polar surface area (TPSA) is 60.4 Å². The van der Waals surface area contributed by atoms with Crippen molar-refractivity contribution >= 4 is 0 Å². The van der Waals surface area contributed by atoms with Crippen LogP contribution in [0.1, 0.15) is 30.2 Å². The number of rotatable bonds is 6. The van der Waals surface area contributed by atoms with Gasteiger partial charge in [0, 0.05) is 25.3 Å². The summed E-state index contributed by atoms with van der Waals surface area (Å²) in [5, 5.41) is 0. The van der Waals surface area contributed by atoms with Gasteiger partial charge in [0.05, 0.1) is 6.26 Å². The third-order valence-electron chi connectivity index (χ3n) is 2.20. The molecule has 1 unspecified atom stereocenters. The van der Waals surface area contributed by atoms with Gasteiger partial charge in [-0.25, -0.2) is 0 Å². The molecular formula is C10H18N2O2. The molecule has 1 atom stereocenters. The van der Waals surface area contributed by atoms with Crippen LogP contribution < -0.4 is 11.3 Å². The third-order valence-corrected chi connectivity index (χ3v) is 2.20. The van der Waals surface area contributed by atoms with Crippen LogP contribution in [-0.4, -0.2) is 13.7 Å². The first-order valence-electron chi connectivity index (χ1n) is 4.78. The van der Waals surface area contributed by atoms with Crippen molar-refractivity contribution in [3.8, 4) is 0 Å². The van der Waals surface area contributed by atoms with Gasteiger partial charge in [0.15, 0.2) is 0 Å². The Labute approximate surface area is 84.4 Å². The van der Waals surface area contributed by atoms with Gasteiger partial charge in [0.2, 0.25) is 0 Å². The summed E-state index contributed by atoms with van der Waals surface area (Å²) in [6.07, 6.45) is 3.67. The van der Waals surface area contributed by atoms with Crippen molar-refractivity contribution in [1.29, 1.82) is 0 Å².